The molecule has 2 N–H and O–H groups in total. The van der Waals surface area contributed by atoms with Gasteiger partial charge in [0.2, 0.25) is 0 Å². The Hall–Kier alpha value is -4.34. The molecular weight excluding hydrogens is 499 g/mol. The van der Waals surface area contributed by atoms with E-state index in [0.717, 1.165) is 22.3 Å². The number of amides is 2. The molecule has 3 rings (SSSR count). The number of hydrogen-bond donors (Lipinski definition) is 2. The Morgan fingerprint density at radius 1 is 1.05 bits per heavy atom. The van der Waals surface area contributed by atoms with Crippen molar-refractivity contribution in [1.82, 2.24) is 15.4 Å². The number of benzene rings is 2. The molecule has 3 aromatic rings. The molecule has 0 bridgehead atoms. The molecule has 0 saturated heterocycles. The highest BCUT2D eigenvalue weighted by Crippen LogP contribution is 2.28. The lowest BCUT2D eigenvalue weighted by Gasteiger charge is -2.25. The molecule has 0 saturated carbocycles. The van der Waals surface area contributed by atoms with Crippen molar-refractivity contribution in [2.24, 2.45) is 0 Å². The summed E-state index contributed by atoms with van der Waals surface area (Å²) in [7, 11) is 0. The Bertz CT molecular complexity index is 1400. The molecule has 0 radical (unpaired) electrons. The van der Waals surface area contributed by atoms with Gasteiger partial charge in [0.15, 0.2) is 0 Å². The predicted molar refractivity (Wildman–Crippen MR) is 137 cm³/mol. The van der Waals surface area contributed by atoms with Crippen molar-refractivity contribution in [1.29, 1.82) is 0 Å². The number of carbonyl (C=O) groups excluding carboxylic acids is 2. The number of aryl methyl sites for hydroxylation is 3. The normalized spacial score (nSPS) is 11.1. The number of nitrogens with one attached hydrogen (secondary N) is 2. The highest BCUT2D eigenvalue weighted by atomic mass is 19.4. The van der Waals surface area contributed by atoms with Gasteiger partial charge < -0.3 is 9.72 Å². The van der Waals surface area contributed by atoms with E-state index >= 15 is 0 Å². The topological polar surface area (TPSA) is 91.5 Å². The minimum atomic E-state index is -4.81. The number of nitrogens with zero attached hydrogens (tertiary/aromatic N) is 1. The summed E-state index contributed by atoms with van der Waals surface area (Å²) in [6.07, 6.45) is -2.61. The Balaban J connectivity index is 1.99. The molecule has 0 spiro atoms. The quantitative estimate of drug-likeness (QED) is 0.310. The second-order valence-electron chi connectivity index (χ2n) is 8.51. The number of aromatic amines is 1. The number of ether oxygens (including phenoxy) is 1. The molecule has 0 aliphatic carbocycles. The van der Waals surface area contributed by atoms with Crippen LogP contribution in [-0.2, 0) is 24.2 Å². The number of carbonyl (C=O) groups is 2. The SMILES string of the molecule is C=CC(=O)NN(Cc1c(CC)cc(CC)[nH]c1=O)C(=O)c1cc(-c2ccc(OC(F)(F)F)cc2)ccc1C. The van der Waals surface area contributed by atoms with Crippen molar-refractivity contribution < 1.29 is 27.5 Å². The van der Waals surface area contributed by atoms with Crippen LogP contribution in [0.1, 0.15) is 46.6 Å². The lowest BCUT2D eigenvalue weighted by atomic mass is 9.98. The van der Waals surface area contributed by atoms with Crippen LogP contribution in [0.25, 0.3) is 11.1 Å². The van der Waals surface area contributed by atoms with Crippen molar-refractivity contribution >= 4 is 11.8 Å². The van der Waals surface area contributed by atoms with E-state index in [2.05, 4.69) is 21.7 Å². The van der Waals surface area contributed by atoms with Crippen LogP contribution < -0.4 is 15.7 Å². The summed E-state index contributed by atoms with van der Waals surface area (Å²) >= 11 is 0. The summed E-state index contributed by atoms with van der Waals surface area (Å²) in [4.78, 5) is 41.5. The predicted octanol–water partition coefficient (Wildman–Crippen LogP) is 5.23. The van der Waals surface area contributed by atoms with E-state index in [1.807, 2.05) is 19.9 Å². The van der Waals surface area contributed by atoms with Crippen molar-refractivity contribution in [3.63, 3.8) is 0 Å². The molecule has 38 heavy (non-hydrogen) atoms. The van der Waals surface area contributed by atoms with Gasteiger partial charge in [-0.25, -0.2) is 5.01 Å². The summed E-state index contributed by atoms with van der Waals surface area (Å²) in [5.41, 5.74) is 5.95. The van der Waals surface area contributed by atoms with Gasteiger partial charge in [-0.05, 0) is 72.4 Å². The van der Waals surface area contributed by atoms with E-state index in [0.29, 0.717) is 35.1 Å². The lowest BCUT2D eigenvalue weighted by molar-refractivity contribution is -0.274. The van der Waals surface area contributed by atoms with Crippen LogP contribution in [0.3, 0.4) is 0 Å². The fourth-order valence-electron chi connectivity index (χ4n) is 3.91. The molecule has 0 atom stereocenters. The molecular formula is C28H28F3N3O4. The number of alkyl halides is 3. The smallest absolute Gasteiger partial charge is 0.406 e. The Morgan fingerprint density at radius 3 is 2.29 bits per heavy atom. The maximum absolute atomic E-state index is 13.7. The largest absolute Gasteiger partial charge is 0.573 e. The summed E-state index contributed by atoms with van der Waals surface area (Å²) in [5, 5.41) is 1.06. The molecule has 0 fully saturated rings. The van der Waals surface area contributed by atoms with Gasteiger partial charge in [-0.1, -0.05) is 44.7 Å². The number of halogens is 3. The molecule has 0 unspecified atom stereocenters. The first-order chi connectivity index (χ1) is 17.9. The van der Waals surface area contributed by atoms with Crippen molar-refractivity contribution in [3.8, 4) is 16.9 Å². The van der Waals surface area contributed by atoms with Crippen LogP contribution in [0.4, 0.5) is 13.2 Å². The van der Waals surface area contributed by atoms with Gasteiger partial charge in [-0.2, -0.15) is 0 Å². The molecule has 2 aromatic carbocycles. The maximum Gasteiger partial charge on any atom is 0.573 e. The second kappa shape index (κ2) is 11.8. The van der Waals surface area contributed by atoms with Gasteiger partial charge in [-0.15, -0.1) is 13.2 Å². The maximum atomic E-state index is 13.7. The molecule has 2 amide bonds. The van der Waals surface area contributed by atoms with Gasteiger partial charge in [-0.3, -0.25) is 19.8 Å². The van der Waals surface area contributed by atoms with Crippen molar-refractivity contribution in [2.45, 2.75) is 46.5 Å². The first kappa shape index (κ1) is 28.2. The van der Waals surface area contributed by atoms with E-state index in [4.69, 9.17) is 0 Å². The molecule has 7 nitrogen and oxygen atoms in total. The van der Waals surface area contributed by atoms with E-state index in [9.17, 15) is 27.6 Å². The minimum absolute atomic E-state index is 0.186. The average Bonchev–Trinajstić information content (AvgIpc) is 2.88. The van der Waals surface area contributed by atoms with Crippen LogP contribution in [-0.4, -0.2) is 28.2 Å². The van der Waals surface area contributed by atoms with E-state index in [1.165, 1.54) is 24.3 Å². The molecule has 0 aliphatic rings. The van der Waals surface area contributed by atoms with E-state index < -0.39 is 18.2 Å². The Morgan fingerprint density at radius 2 is 1.71 bits per heavy atom. The lowest BCUT2D eigenvalue weighted by Crippen LogP contribution is -2.46. The standard InChI is InChI=1S/C28H28F3N3O4/c1-5-18-14-21(6-2)32-26(36)24(18)16-34(33-25(35)7-3)27(37)23-15-20(9-8-17(23)4)19-10-12-22(13-11-19)38-28(29,30)31/h7-15H,3,5-6,16H2,1-2,4H3,(H,32,36)(H,33,35). The summed E-state index contributed by atoms with van der Waals surface area (Å²) < 4.78 is 41.4. The molecule has 10 heteroatoms. The number of H-pyrrole nitrogens is 1. The minimum Gasteiger partial charge on any atom is -0.406 e. The number of rotatable bonds is 8. The summed E-state index contributed by atoms with van der Waals surface area (Å²) in [6, 6.07) is 12.1. The highest BCUT2D eigenvalue weighted by Gasteiger charge is 2.31. The fourth-order valence-corrected chi connectivity index (χ4v) is 3.91. The summed E-state index contributed by atoms with van der Waals surface area (Å²) in [5.74, 6) is -1.57. The Labute approximate surface area is 217 Å². The van der Waals surface area contributed by atoms with Crippen LogP contribution in [0.2, 0.25) is 0 Å². The van der Waals surface area contributed by atoms with Crippen molar-refractivity contribution in [2.75, 3.05) is 0 Å². The zero-order chi connectivity index (χ0) is 28.0. The third-order valence-electron chi connectivity index (χ3n) is 5.93. The molecule has 200 valence electrons. The highest BCUT2D eigenvalue weighted by molar-refractivity contribution is 5.98. The van der Waals surface area contributed by atoms with Crippen LogP contribution in [0, 0.1) is 6.92 Å². The zero-order valence-corrected chi connectivity index (χ0v) is 21.2. The zero-order valence-electron chi connectivity index (χ0n) is 21.2. The first-order valence-corrected chi connectivity index (χ1v) is 11.9. The van der Waals surface area contributed by atoms with E-state index in [1.54, 1.807) is 25.1 Å². The average molecular weight is 528 g/mol. The van der Waals surface area contributed by atoms with Crippen LogP contribution in [0.5, 0.6) is 5.75 Å². The Kier molecular flexibility index (Phi) is 8.77. The van der Waals surface area contributed by atoms with Gasteiger partial charge >= 0.3 is 6.36 Å². The van der Waals surface area contributed by atoms with E-state index in [-0.39, 0.29) is 23.4 Å². The van der Waals surface area contributed by atoms with Gasteiger partial charge in [0.25, 0.3) is 17.4 Å². The number of pyridine rings is 1. The number of hydrogen-bond acceptors (Lipinski definition) is 4. The molecule has 1 heterocycles. The van der Waals surface area contributed by atoms with Crippen LogP contribution >= 0.6 is 0 Å². The second-order valence-corrected chi connectivity index (χ2v) is 8.51. The van der Waals surface area contributed by atoms with Crippen molar-refractivity contribution in [3.05, 3.63) is 99.5 Å². The third-order valence-corrected chi connectivity index (χ3v) is 5.93. The first-order valence-electron chi connectivity index (χ1n) is 11.9. The van der Waals surface area contributed by atoms with Gasteiger partial charge in [0.1, 0.15) is 5.75 Å². The number of hydrazine groups is 1. The van der Waals surface area contributed by atoms with Crippen LogP contribution in [0.15, 0.2) is 66.0 Å². The fraction of sp³-hybridized carbons (Fsp3) is 0.250. The van der Waals surface area contributed by atoms with Gasteiger partial charge in [0.05, 0.1) is 6.54 Å². The molecule has 0 aliphatic heterocycles. The summed E-state index contributed by atoms with van der Waals surface area (Å²) in [6.45, 7) is 8.76. The molecule has 1 aromatic heterocycles. The number of aromatic nitrogens is 1. The third kappa shape index (κ3) is 6.90. The monoisotopic (exact) mass is 527 g/mol. The van der Waals surface area contributed by atoms with Gasteiger partial charge in [0, 0.05) is 16.8 Å².